The Morgan fingerprint density at radius 2 is 1.71 bits per heavy atom. The standard InChI is InChI=1S/C15H19N3O4S.Ag/c1-18(2)13-7-3-6-12-11(13)5-4-8-14(12)23(21,22)17-10-9-16-15(19)20;/h3-8,16-17H,9-10H2,1-2H3,(H,19,20);/q;+1/p-1. The average molecular weight is 444 g/mol. The molecular weight excluding hydrogens is 426 g/mol. The van der Waals surface area contributed by atoms with Crippen LogP contribution in [0.15, 0.2) is 41.3 Å². The molecule has 0 atom stereocenters. The van der Waals surface area contributed by atoms with E-state index in [-0.39, 0.29) is 40.4 Å². The van der Waals surface area contributed by atoms with Gasteiger partial charge in [0.2, 0.25) is 10.0 Å². The molecule has 2 aromatic carbocycles. The van der Waals surface area contributed by atoms with Crippen LogP contribution in [0, 0.1) is 0 Å². The predicted molar refractivity (Wildman–Crippen MR) is 86.9 cm³/mol. The van der Waals surface area contributed by atoms with Crippen LogP contribution < -0.4 is 20.0 Å². The molecule has 0 radical (unpaired) electrons. The SMILES string of the molecule is CN(C)c1cccc2c(S(=O)(=O)NCCNC(=O)[O-])cccc12.[Ag+]. The fourth-order valence-corrected chi connectivity index (χ4v) is 3.57. The second-order valence-corrected chi connectivity index (χ2v) is 6.87. The van der Waals surface area contributed by atoms with E-state index < -0.39 is 16.1 Å². The molecule has 2 aromatic rings. The van der Waals surface area contributed by atoms with Gasteiger partial charge < -0.3 is 20.1 Å². The number of anilines is 1. The maximum atomic E-state index is 12.5. The molecule has 0 bridgehead atoms. The second kappa shape index (κ2) is 8.50. The first-order valence-corrected chi connectivity index (χ1v) is 8.45. The van der Waals surface area contributed by atoms with Gasteiger partial charge in [-0.15, -0.1) is 0 Å². The van der Waals surface area contributed by atoms with Crippen molar-refractivity contribution in [3.63, 3.8) is 0 Å². The molecule has 1 amide bonds. The Bertz CT molecular complexity index is 825. The smallest absolute Gasteiger partial charge is 0.530 e. The van der Waals surface area contributed by atoms with Crippen molar-refractivity contribution >= 4 is 32.6 Å². The van der Waals surface area contributed by atoms with Crippen LogP contribution in [0.3, 0.4) is 0 Å². The number of sulfonamides is 1. The first-order valence-electron chi connectivity index (χ1n) is 6.96. The van der Waals surface area contributed by atoms with Gasteiger partial charge in [-0.2, -0.15) is 0 Å². The molecule has 0 aliphatic heterocycles. The van der Waals surface area contributed by atoms with Gasteiger partial charge in [0.15, 0.2) is 0 Å². The van der Waals surface area contributed by atoms with Crippen molar-refractivity contribution < 1.29 is 40.7 Å². The summed E-state index contributed by atoms with van der Waals surface area (Å²) in [4.78, 5) is 12.3. The van der Waals surface area contributed by atoms with E-state index in [1.807, 2.05) is 36.4 Å². The molecule has 0 aromatic heterocycles. The zero-order valence-corrected chi connectivity index (χ0v) is 15.5. The van der Waals surface area contributed by atoms with Crippen molar-refractivity contribution in [3.8, 4) is 0 Å². The molecule has 0 spiro atoms. The van der Waals surface area contributed by atoms with Gasteiger partial charge in [-0.05, 0) is 12.1 Å². The maximum absolute atomic E-state index is 12.5. The summed E-state index contributed by atoms with van der Waals surface area (Å²) in [6.45, 7) is -0.116. The fourth-order valence-electron chi connectivity index (χ4n) is 2.32. The van der Waals surface area contributed by atoms with Gasteiger partial charge in [0.05, 0.1) is 4.90 Å². The van der Waals surface area contributed by atoms with Crippen LogP contribution in [0.25, 0.3) is 10.8 Å². The van der Waals surface area contributed by atoms with Crippen molar-refractivity contribution in [1.29, 1.82) is 0 Å². The van der Waals surface area contributed by atoms with E-state index in [2.05, 4.69) is 4.72 Å². The van der Waals surface area contributed by atoms with Crippen molar-refractivity contribution in [1.82, 2.24) is 10.0 Å². The summed E-state index contributed by atoms with van der Waals surface area (Å²) in [5, 5.41) is 13.7. The number of nitrogens with one attached hydrogen (secondary N) is 2. The van der Waals surface area contributed by atoms with Gasteiger partial charge in [-0.1, -0.05) is 24.3 Å². The summed E-state index contributed by atoms with van der Waals surface area (Å²) in [7, 11) is 0.0282. The van der Waals surface area contributed by atoms with Crippen LogP contribution >= 0.6 is 0 Å². The van der Waals surface area contributed by atoms with E-state index in [0.717, 1.165) is 11.1 Å². The number of benzene rings is 2. The molecule has 7 nitrogen and oxygen atoms in total. The minimum absolute atomic E-state index is 0. The Morgan fingerprint density at radius 1 is 1.08 bits per heavy atom. The molecule has 0 aliphatic carbocycles. The minimum Gasteiger partial charge on any atom is -0.530 e. The molecule has 9 heteroatoms. The van der Waals surface area contributed by atoms with Crippen LogP contribution in [0.1, 0.15) is 0 Å². The summed E-state index contributed by atoms with van der Waals surface area (Å²) in [5.74, 6) is 0. The molecule has 0 heterocycles. The van der Waals surface area contributed by atoms with Crippen LogP contribution in [0.5, 0.6) is 0 Å². The molecule has 2 rings (SSSR count). The minimum atomic E-state index is -3.75. The van der Waals surface area contributed by atoms with E-state index in [1.165, 1.54) is 6.07 Å². The zero-order chi connectivity index (χ0) is 17.0. The van der Waals surface area contributed by atoms with E-state index in [9.17, 15) is 18.3 Å². The van der Waals surface area contributed by atoms with Crippen molar-refractivity contribution in [2.45, 2.75) is 4.90 Å². The summed E-state index contributed by atoms with van der Waals surface area (Å²) >= 11 is 0. The molecular formula is C15H18AgN3O4S. The average Bonchev–Trinajstić information content (AvgIpc) is 2.50. The molecule has 0 unspecified atom stereocenters. The predicted octanol–water partition coefficient (Wildman–Crippen LogP) is 0.115. The van der Waals surface area contributed by atoms with E-state index in [1.54, 1.807) is 18.2 Å². The van der Waals surface area contributed by atoms with Crippen LogP contribution in [-0.2, 0) is 32.4 Å². The zero-order valence-electron chi connectivity index (χ0n) is 13.2. The number of carbonyl (C=O) groups excluding carboxylic acids is 1. The number of hydrogen-bond donors (Lipinski definition) is 2. The Morgan fingerprint density at radius 3 is 2.33 bits per heavy atom. The number of hydrogen-bond acceptors (Lipinski definition) is 5. The van der Waals surface area contributed by atoms with Gasteiger partial charge in [0, 0.05) is 43.6 Å². The number of nitrogens with zero attached hydrogens (tertiary/aromatic N) is 1. The van der Waals surface area contributed by atoms with Crippen LogP contribution in [0.4, 0.5) is 10.5 Å². The van der Waals surface area contributed by atoms with E-state index in [0.29, 0.717) is 5.39 Å². The Hall–Kier alpha value is -1.58. The van der Waals surface area contributed by atoms with Gasteiger partial charge in [-0.25, -0.2) is 13.1 Å². The molecule has 2 N–H and O–H groups in total. The van der Waals surface area contributed by atoms with Crippen molar-refractivity contribution in [2.75, 3.05) is 32.1 Å². The third-order valence-corrected chi connectivity index (χ3v) is 4.84. The number of fused-ring (bicyclic) bond motifs is 1. The van der Waals surface area contributed by atoms with Gasteiger partial charge in [0.1, 0.15) is 6.09 Å². The molecule has 0 saturated heterocycles. The van der Waals surface area contributed by atoms with Gasteiger partial charge in [-0.3, -0.25) is 0 Å². The summed E-state index contributed by atoms with van der Waals surface area (Å²) in [6.07, 6.45) is -1.44. The van der Waals surface area contributed by atoms with Crippen LogP contribution in [0.2, 0.25) is 0 Å². The number of amides is 1. The molecule has 0 saturated carbocycles. The number of carboxylic acid groups (broad SMARTS) is 1. The van der Waals surface area contributed by atoms with E-state index >= 15 is 0 Å². The molecule has 0 aliphatic rings. The summed E-state index contributed by atoms with van der Waals surface area (Å²) < 4.78 is 27.3. The Kier molecular flexibility index (Phi) is 7.25. The van der Waals surface area contributed by atoms with Crippen molar-refractivity contribution in [3.05, 3.63) is 36.4 Å². The monoisotopic (exact) mass is 443 g/mol. The van der Waals surface area contributed by atoms with Crippen molar-refractivity contribution in [2.24, 2.45) is 0 Å². The quantitative estimate of drug-likeness (QED) is 0.487. The Balaban J connectivity index is 0.00000288. The first kappa shape index (κ1) is 20.5. The summed E-state index contributed by atoms with van der Waals surface area (Å²) in [5.41, 5.74) is 0.915. The number of rotatable bonds is 6. The van der Waals surface area contributed by atoms with Gasteiger partial charge >= 0.3 is 22.4 Å². The van der Waals surface area contributed by atoms with Gasteiger partial charge in [0.25, 0.3) is 0 Å². The number of carbonyl (C=O) groups is 1. The maximum Gasteiger partial charge on any atom is 1.00 e. The fraction of sp³-hybridized carbons (Fsp3) is 0.267. The third-order valence-electron chi connectivity index (χ3n) is 3.32. The Labute approximate surface area is 156 Å². The first-order chi connectivity index (χ1) is 10.8. The molecule has 0 fully saturated rings. The summed E-state index contributed by atoms with van der Waals surface area (Å²) in [6, 6.07) is 10.5. The normalized spacial score (nSPS) is 10.9. The third kappa shape index (κ3) is 4.71. The topological polar surface area (TPSA) is 102 Å². The van der Waals surface area contributed by atoms with Crippen LogP contribution in [-0.4, -0.2) is 41.7 Å². The van der Waals surface area contributed by atoms with E-state index in [4.69, 9.17) is 0 Å². The molecule has 24 heavy (non-hydrogen) atoms. The largest absolute Gasteiger partial charge is 1.00 e. The second-order valence-electron chi connectivity index (χ2n) is 5.13. The molecule has 134 valence electrons.